The quantitative estimate of drug-likeness (QED) is 0.323. The number of nitrogens with zero attached hydrogens (tertiary/aromatic N) is 2. The molecular weight excluding hydrogens is 487 g/mol. The minimum atomic E-state index is 0. The average molecular weight is 522 g/mol. The lowest BCUT2D eigenvalue weighted by Crippen LogP contribution is -2.40. The number of aliphatic imine (C=N–C) groups is 1. The number of morpholine rings is 1. The molecule has 164 valence electrons. The van der Waals surface area contributed by atoms with Gasteiger partial charge in [0.1, 0.15) is 0 Å². The van der Waals surface area contributed by atoms with Gasteiger partial charge in [0.25, 0.3) is 0 Å². The van der Waals surface area contributed by atoms with Gasteiger partial charge in [0.2, 0.25) is 0 Å². The molecule has 6 heteroatoms. The summed E-state index contributed by atoms with van der Waals surface area (Å²) in [6, 6.07) is 19.4. The predicted molar refractivity (Wildman–Crippen MR) is 135 cm³/mol. The molecule has 0 saturated carbocycles. The molecule has 1 aliphatic rings. The fraction of sp³-hybridized carbons (Fsp3) is 0.458. The molecule has 2 N–H and O–H groups in total. The van der Waals surface area contributed by atoms with E-state index in [1.807, 2.05) is 6.07 Å². The van der Waals surface area contributed by atoms with E-state index in [1.54, 1.807) is 0 Å². The van der Waals surface area contributed by atoms with Crippen LogP contribution in [0.25, 0.3) is 0 Å². The molecule has 1 heterocycles. The van der Waals surface area contributed by atoms with Gasteiger partial charge in [-0.15, -0.1) is 24.0 Å². The molecule has 2 atom stereocenters. The minimum Gasteiger partial charge on any atom is -0.376 e. The average Bonchev–Trinajstić information content (AvgIpc) is 2.73. The van der Waals surface area contributed by atoms with E-state index >= 15 is 0 Å². The van der Waals surface area contributed by atoms with Crippen molar-refractivity contribution in [1.29, 1.82) is 0 Å². The Bertz CT molecular complexity index is 784. The first kappa shape index (κ1) is 24.6. The van der Waals surface area contributed by atoms with Gasteiger partial charge in [-0.1, -0.05) is 54.6 Å². The van der Waals surface area contributed by atoms with Crippen LogP contribution in [-0.2, 0) is 17.8 Å². The Morgan fingerprint density at radius 3 is 2.67 bits per heavy atom. The second-order valence-electron chi connectivity index (χ2n) is 7.71. The molecule has 1 aliphatic heterocycles. The molecule has 30 heavy (non-hydrogen) atoms. The topological polar surface area (TPSA) is 48.9 Å². The zero-order chi connectivity index (χ0) is 20.5. The number of ether oxygens (including phenoxy) is 1. The summed E-state index contributed by atoms with van der Waals surface area (Å²) in [5.41, 5.74) is 3.82. The second-order valence-corrected chi connectivity index (χ2v) is 7.71. The molecule has 2 aromatic rings. The van der Waals surface area contributed by atoms with Crippen LogP contribution in [0.15, 0.2) is 59.6 Å². The molecule has 2 unspecified atom stereocenters. The lowest BCUT2D eigenvalue weighted by Gasteiger charge is -2.31. The summed E-state index contributed by atoms with van der Waals surface area (Å²) in [7, 11) is 0. The maximum absolute atomic E-state index is 5.65. The number of hydrogen-bond acceptors (Lipinski definition) is 3. The third-order valence-electron chi connectivity index (χ3n) is 5.14. The number of benzene rings is 2. The van der Waals surface area contributed by atoms with Crippen molar-refractivity contribution >= 4 is 29.9 Å². The van der Waals surface area contributed by atoms with Crippen molar-refractivity contribution in [3.63, 3.8) is 0 Å². The summed E-state index contributed by atoms with van der Waals surface area (Å²) in [4.78, 5) is 7.27. The first-order valence-electron chi connectivity index (χ1n) is 10.7. The molecule has 0 aliphatic carbocycles. The van der Waals surface area contributed by atoms with Crippen molar-refractivity contribution in [3.05, 3.63) is 71.3 Å². The fourth-order valence-electron chi connectivity index (χ4n) is 3.64. The predicted octanol–water partition coefficient (Wildman–Crippen LogP) is 4.34. The molecule has 0 aromatic heterocycles. The van der Waals surface area contributed by atoms with Crippen LogP contribution >= 0.6 is 24.0 Å². The highest BCUT2D eigenvalue weighted by molar-refractivity contribution is 14.0. The van der Waals surface area contributed by atoms with Crippen LogP contribution in [0.3, 0.4) is 0 Å². The Hall–Kier alpha value is -1.64. The standard InChI is InChI=1S/C24H34N4O.HI/c1-4-25-24(27-20(3)23-11-6-5-7-12-23)26-16-21-9-8-10-22(15-21)18-28-13-14-29-19(2)17-28;/h5-12,15,19-20H,4,13-14,16-18H2,1-3H3,(H2,25,26,27);1H. The van der Waals surface area contributed by atoms with Gasteiger partial charge < -0.3 is 15.4 Å². The van der Waals surface area contributed by atoms with Gasteiger partial charge in [-0.25, -0.2) is 4.99 Å². The van der Waals surface area contributed by atoms with Crippen molar-refractivity contribution in [3.8, 4) is 0 Å². The van der Waals surface area contributed by atoms with Crippen LogP contribution in [0.4, 0.5) is 0 Å². The van der Waals surface area contributed by atoms with Crippen molar-refractivity contribution in [2.24, 2.45) is 4.99 Å². The first-order chi connectivity index (χ1) is 14.1. The van der Waals surface area contributed by atoms with Crippen LogP contribution in [0.1, 0.15) is 43.5 Å². The number of guanidine groups is 1. The monoisotopic (exact) mass is 522 g/mol. The Labute approximate surface area is 198 Å². The fourth-order valence-corrected chi connectivity index (χ4v) is 3.64. The molecule has 1 fully saturated rings. The van der Waals surface area contributed by atoms with E-state index in [9.17, 15) is 0 Å². The summed E-state index contributed by atoms with van der Waals surface area (Å²) < 4.78 is 5.65. The smallest absolute Gasteiger partial charge is 0.192 e. The number of nitrogens with one attached hydrogen (secondary N) is 2. The third kappa shape index (κ3) is 7.89. The largest absolute Gasteiger partial charge is 0.376 e. The van der Waals surface area contributed by atoms with E-state index in [4.69, 9.17) is 9.73 Å². The lowest BCUT2D eigenvalue weighted by molar-refractivity contribution is -0.0212. The van der Waals surface area contributed by atoms with E-state index in [2.05, 4.69) is 84.8 Å². The maximum Gasteiger partial charge on any atom is 0.192 e. The molecule has 0 amide bonds. The molecule has 0 bridgehead atoms. The van der Waals surface area contributed by atoms with Crippen molar-refractivity contribution in [2.45, 2.75) is 46.0 Å². The van der Waals surface area contributed by atoms with Gasteiger partial charge in [-0.3, -0.25) is 4.90 Å². The second kappa shape index (κ2) is 12.9. The van der Waals surface area contributed by atoms with E-state index in [1.165, 1.54) is 16.7 Å². The Morgan fingerprint density at radius 1 is 1.17 bits per heavy atom. The summed E-state index contributed by atoms with van der Waals surface area (Å²) in [5, 5.41) is 6.86. The van der Waals surface area contributed by atoms with Gasteiger partial charge in [0.05, 0.1) is 25.3 Å². The summed E-state index contributed by atoms with van der Waals surface area (Å²) in [5.74, 6) is 0.844. The van der Waals surface area contributed by atoms with Crippen molar-refractivity contribution in [2.75, 3.05) is 26.2 Å². The zero-order valence-corrected chi connectivity index (χ0v) is 20.6. The molecule has 0 spiro atoms. The van der Waals surface area contributed by atoms with Crippen LogP contribution in [-0.4, -0.2) is 43.2 Å². The minimum absolute atomic E-state index is 0. The van der Waals surface area contributed by atoms with Crippen LogP contribution < -0.4 is 10.6 Å². The third-order valence-corrected chi connectivity index (χ3v) is 5.14. The maximum atomic E-state index is 5.65. The van der Waals surface area contributed by atoms with Crippen LogP contribution in [0.5, 0.6) is 0 Å². The Balaban J connectivity index is 0.00000320. The lowest BCUT2D eigenvalue weighted by atomic mass is 10.1. The highest BCUT2D eigenvalue weighted by Gasteiger charge is 2.16. The summed E-state index contributed by atoms with van der Waals surface area (Å²) >= 11 is 0. The number of halogens is 1. The highest BCUT2D eigenvalue weighted by atomic mass is 127. The first-order valence-corrected chi connectivity index (χ1v) is 10.7. The Morgan fingerprint density at radius 2 is 1.93 bits per heavy atom. The van der Waals surface area contributed by atoms with Crippen LogP contribution in [0, 0.1) is 0 Å². The van der Waals surface area contributed by atoms with Crippen LogP contribution in [0.2, 0.25) is 0 Å². The SMILES string of the molecule is CCNC(=NCc1cccc(CN2CCOC(C)C2)c1)NC(C)c1ccccc1.I. The molecule has 3 rings (SSSR count). The molecular formula is C24H35IN4O. The van der Waals surface area contributed by atoms with E-state index in [0.29, 0.717) is 12.6 Å². The summed E-state index contributed by atoms with van der Waals surface area (Å²) in [6.45, 7) is 11.7. The molecule has 0 radical (unpaired) electrons. The van der Waals surface area contributed by atoms with E-state index < -0.39 is 0 Å². The molecule has 2 aromatic carbocycles. The van der Waals surface area contributed by atoms with Gasteiger partial charge in [0.15, 0.2) is 5.96 Å². The van der Waals surface area contributed by atoms with E-state index in [0.717, 1.165) is 38.7 Å². The van der Waals surface area contributed by atoms with Crippen molar-refractivity contribution in [1.82, 2.24) is 15.5 Å². The number of hydrogen-bond donors (Lipinski definition) is 2. The normalized spacial score (nSPS) is 18.4. The van der Waals surface area contributed by atoms with Gasteiger partial charge >= 0.3 is 0 Å². The van der Waals surface area contributed by atoms with Gasteiger partial charge in [-0.2, -0.15) is 0 Å². The van der Waals surface area contributed by atoms with E-state index in [-0.39, 0.29) is 30.0 Å². The van der Waals surface area contributed by atoms with Gasteiger partial charge in [0, 0.05) is 26.2 Å². The Kier molecular flexibility index (Phi) is 10.6. The zero-order valence-electron chi connectivity index (χ0n) is 18.3. The summed E-state index contributed by atoms with van der Waals surface area (Å²) in [6.07, 6.45) is 0.317. The molecule has 1 saturated heterocycles. The number of rotatable bonds is 7. The van der Waals surface area contributed by atoms with Gasteiger partial charge in [-0.05, 0) is 37.5 Å². The highest BCUT2D eigenvalue weighted by Crippen LogP contribution is 2.14. The molecule has 5 nitrogen and oxygen atoms in total. The van der Waals surface area contributed by atoms with Crippen molar-refractivity contribution < 1.29 is 4.74 Å².